The van der Waals surface area contributed by atoms with Gasteiger partial charge in [-0.3, -0.25) is 0 Å². The molecule has 1 rings (SSSR count). The molecule has 0 aliphatic rings. The summed E-state index contributed by atoms with van der Waals surface area (Å²) in [5.41, 5.74) is 5.71. The number of thioether (sulfide) groups is 1. The molecular formula is C9H14ClNS2. The van der Waals surface area contributed by atoms with E-state index in [0.29, 0.717) is 17.0 Å². The second-order valence-corrected chi connectivity index (χ2v) is 6.58. The van der Waals surface area contributed by atoms with Gasteiger partial charge < -0.3 is 5.73 Å². The second kappa shape index (κ2) is 5.25. The summed E-state index contributed by atoms with van der Waals surface area (Å²) in [4.78, 5) is 1.28. The van der Waals surface area contributed by atoms with Crippen LogP contribution in [0.5, 0.6) is 0 Å². The first-order valence-corrected chi connectivity index (χ1v) is 6.38. The van der Waals surface area contributed by atoms with Crippen LogP contribution in [-0.4, -0.2) is 11.8 Å². The van der Waals surface area contributed by atoms with Crippen molar-refractivity contribution in [3.05, 3.63) is 21.3 Å². The SMILES string of the molecule is CC(C)SC(CN)c1ccc(Cl)s1. The molecule has 0 spiro atoms. The molecule has 1 unspecified atom stereocenters. The third kappa shape index (κ3) is 3.50. The molecule has 1 aromatic heterocycles. The van der Waals surface area contributed by atoms with Crippen molar-refractivity contribution in [3.63, 3.8) is 0 Å². The van der Waals surface area contributed by atoms with Gasteiger partial charge in [-0.1, -0.05) is 25.4 Å². The Labute approximate surface area is 92.7 Å². The molecule has 0 saturated carbocycles. The lowest BCUT2D eigenvalue weighted by molar-refractivity contribution is 0.946. The zero-order valence-electron chi connectivity index (χ0n) is 7.79. The predicted octanol–water partition coefficient (Wildman–Crippen LogP) is 3.54. The summed E-state index contributed by atoms with van der Waals surface area (Å²) in [6, 6.07) is 4.00. The molecule has 0 fully saturated rings. The lowest BCUT2D eigenvalue weighted by Gasteiger charge is -2.14. The van der Waals surface area contributed by atoms with Crippen LogP contribution in [0.3, 0.4) is 0 Å². The molecule has 1 nitrogen and oxygen atoms in total. The minimum Gasteiger partial charge on any atom is -0.329 e. The number of halogens is 1. The monoisotopic (exact) mass is 235 g/mol. The number of rotatable bonds is 4. The van der Waals surface area contributed by atoms with Crippen LogP contribution in [0.15, 0.2) is 12.1 Å². The first kappa shape index (κ1) is 11.4. The molecule has 74 valence electrons. The lowest BCUT2D eigenvalue weighted by Crippen LogP contribution is -2.10. The highest BCUT2D eigenvalue weighted by molar-refractivity contribution is 8.00. The van der Waals surface area contributed by atoms with Crippen molar-refractivity contribution in [2.75, 3.05) is 6.54 Å². The van der Waals surface area contributed by atoms with E-state index < -0.39 is 0 Å². The molecule has 1 atom stereocenters. The highest BCUT2D eigenvalue weighted by Crippen LogP contribution is 2.36. The molecule has 0 saturated heterocycles. The lowest BCUT2D eigenvalue weighted by atomic mass is 10.3. The Morgan fingerprint density at radius 1 is 1.54 bits per heavy atom. The summed E-state index contributed by atoms with van der Waals surface area (Å²) in [7, 11) is 0. The van der Waals surface area contributed by atoms with Gasteiger partial charge in [0.25, 0.3) is 0 Å². The van der Waals surface area contributed by atoms with Crippen LogP contribution in [0.25, 0.3) is 0 Å². The van der Waals surface area contributed by atoms with Crippen LogP contribution < -0.4 is 5.73 Å². The van der Waals surface area contributed by atoms with Crippen LogP contribution in [0.1, 0.15) is 24.0 Å². The Morgan fingerprint density at radius 2 is 2.23 bits per heavy atom. The maximum atomic E-state index is 5.87. The van der Waals surface area contributed by atoms with Gasteiger partial charge in [-0.05, 0) is 17.4 Å². The van der Waals surface area contributed by atoms with Crippen LogP contribution in [0.2, 0.25) is 4.34 Å². The molecule has 0 radical (unpaired) electrons. The average molecular weight is 236 g/mol. The summed E-state index contributed by atoms with van der Waals surface area (Å²) < 4.78 is 0.845. The minimum absolute atomic E-state index is 0.400. The predicted molar refractivity (Wildman–Crippen MR) is 63.9 cm³/mol. The molecule has 0 amide bonds. The summed E-state index contributed by atoms with van der Waals surface area (Å²) in [6.45, 7) is 5.05. The zero-order chi connectivity index (χ0) is 9.84. The Balaban J connectivity index is 2.66. The average Bonchev–Trinajstić information content (AvgIpc) is 2.47. The van der Waals surface area contributed by atoms with Crippen molar-refractivity contribution < 1.29 is 0 Å². The number of hydrogen-bond acceptors (Lipinski definition) is 3. The molecular weight excluding hydrogens is 222 g/mol. The van der Waals surface area contributed by atoms with E-state index >= 15 is 0 Å². The maximum Gasteiger partial charge on any atom is 0.0931 e. The van der Waals surface area contributed by atoms with Crippen molar-refractivity contribution >= 4 is 34.7 Å². The third-order valence-electron chi connectivity index (χ3n) is 1.56. The Hall–Kier alpha value is 0.300. The zero-order valence-corrected chi connectivity index (χ0v) is 10.2. The fourth-order valence-corrected chi connectivity index (χ4v) is 3.42. The van der Waals surface area contributed by atoms with Crippen LogP contribution in [0.4, 0.5) is 0 Å². The van der Waals surface area contributed by atoms with Crippen molar-refractivity contribution in [2.24, 2.45) is 5.73 Å². The third-order valence-corrected chi connectivity index (χ3v) is 4.38. The Morgan fingerprint density at radius 3 is 2.62 bits per heavy atom. The van der Waals surface area contributed by atoms with Crippen molar-refractivity contribution in [2.45, 2.75) is 24.3 Å². The standard InChI is InChI=1S/C9H14ClNS2/c1-6(2)12-8(5-11)7-3-4-9(10)13-7/h3-4,6,8H,5,11H2,1-2H3. The van der Waals surface area contributed by atoms with E-state index in [1.165, 1.54) is 4.88 Å². The smallest absolute Gasteiger partial charge is 0.0931 e. The quantitative estimate of drug-likeness (QED) is 0.864. The molecule has 1 aromatic rings. The molecule has 13 heavy (non-hydrogen) atoms. The first-order chi connectivity index (χ1) is 6.13. The highest BCUT2D eigenvalue weighted by atomic mass is 35.5. The molecule has 0 aliphatic heterocycles. The first-order valence-electron chi connectivity index (χ1n) is 4.24. The van der Waals surface area contributed by atoms with Crippen LogP contribution >= 0.6 is 34.7 Å². The van der Waals surface area contributed by atoms with E-state index in [9.17, 15) is 0 Å². The maximum absolute atomic E-state index is 5.87. The molecule has 4 heteroatoms. The Kier molecular flexibility index (Phi) is 4.59. The normalized spacial score (nSPS) is 13.6. The van der Waals surface area contributed by atoms with Crippen molar-refractivity contribution in [1.82, 2.24) is 0 Å². The number of hydrogen-bond donors (Lipinski definition) is 1. The number of nitrogens with two attached hydrogens (primary N) is 1. The van der Waals surface area contributed by atoms with Gasteiger partial charge in [0, 0.05) is 11.4 Å². The fraction of sp³-hybridized carbons (Fsp3) is 0.556. The van der Waals surface area contributed by atoms with E-state index in [-0.39, 0.29) is 0 Å². The van der Waals surface area contributed by atoms with Crippen molar-refractivity contribution in [3.8, 4) is 0 Å². The van der Waals surface area contributed by atoms with E-state index in [4.69, 9.17) is 17.3 Å². The van der Waals surface area contributed by atoms with Gasteiger partial charge in [-0.25, -0.2) is 0 Å². The molecule has 0 aliphatic carbocycles. The largest absolute Gasteiger partial charge is 0.329 e. The van der Waals surface area contributed by atoms with Gasteiger partial charge in [-0.15, -0.1) is 23.1 Å². The second-order valence-electron chi connectivity index (χ2n) is 3.05. The minimum atomic E-state index is 0.400. The summed E-state index contributed by atoms with van der Waals surface area (Å²) in [5, 5.41) is 1.01. The fourth-order valence-electron chi connectivity index (χ4n) is 1.07. The van der Waals surface area contributed by atoms with E-state index in [1.807, 2.05) is 17.8 Å². The molecule has 0 bridgehead atoms. The van der Waals surface area contributed by atoms with E-state index in [0.717, 1.165) is 4.34 Å². The topological polar surface area (TPSA) is 26.0 Å². The molecule has 0 aromatic carbocycles. The van der Waals surface area contributed by atoms with E-state index in [1.54, 1.807) is 11.3 Å². The van der Waals surface area contributed by atoms with Crippen LogP contribution in [-0.2, 0) is 0 Å². The molecule has 2 N–H and O–H groups in total. The van der Waals surface area contributed by atoms with E-state index in [2.05, 4.69) is 19.9 Å². The van der Waals surface area contributed by atoms with Crippen molar-refractivity contribution in [1.29, 1.82) is 0 Å². The van der Waals surface area contributed by atoms with Gasteiger partial charge >= 0.3 is 0 Å². The highest BCUT2D eigenvalue weighted by Gasteiger charge is 2.13. The summed E-state index contributed by atoms with van der Waals surface area (Å²) >= 11 is 9.39. The van der Waals surface area contributed by atoms with Gasteiger partial charge in [0.1, 0.15) is 0 Å². The van der Waals surface area contributed by atoms with Gasteiger partial charge in [0.2, 0.25) is 0 Å². The van der Waals surface area contributed by atoms with Crippen LogP contribution in [0, 0.1) is 0 Å². The summed E-state index contributed by atoms with van der Waals surface area (Å²) in [6.07, 6.45) is 0. The van der Waals surface area contributed by atoms with Gasteiger partial charge in [-0.2, -0.15) is 0 Å². The van der Waals surface area contributed by atoms with Gasteiger partial charge in [0.15, 0.2) is 0 Å². The number of thiophene rings is 1. The Bertz CT molecular complexity index is 260. The summed E-state index contributed by atoms with van der Waals surface area (Å²) in [5.74, 6) is 0. The molecule has 1 heterocycles. The van der Waals surface area contributed by atoms with Gasteiger partial charge in [0.05, 0.1) is 9.59 Å².